The Labute approximate surface area is 116 Å². The molecular weight excluding hydrogens is 262 g/mol. The molecular formula is C13H17N3O2S. The molecule has 2 fully saturated rings. The lowest BCUT2D eigenvalue weighted by atomic mass is 10.3. The molecule has 0 radical (unpaired) electrons. The van der Waals surface area contributed by atoms with Gasteiger partial charge < -0.3 is 9.30 Å². The Bertz CT molecular complexity index is 510. The minimum atomic E-state index is -0.158. The number of hydrogen-bond acceptors (Lipinski definition) is 5. The number of nitrogens with zero attached hydrogens (tertiary/aromatic N) is 3. The topological polar surface area (TPSA) is 57.0 Å². The maximum atomic E-state index is 11.7. The van der Waals surface area contributed by atoms with E-state index in [4.69, 9.17) is 4.74 Å². The van der Waals surface area contributed by atoms with Gasteiger partial charge in [-0.3, -0.25) is 4.79 Å². The van der Waals surface area contributed by atoms with Crippen LogP contribution in [0.2, 0.25) is 0 Å². The standard InChI is InChI=1S/C13H17N3O2S/c1-3-6-16-11(9-4-5-9)14-15-13(16)19-10-7-8(2)18-12(10)17/h3,8-10H,1,4-7H2,2H3/t8-,10+/m0/s1. The summed E-state index contributed by atoms with van der Waals surface area (Å²) in [6.45, 7) is 6.39. The van der Waals surface area contributed by atoms with Crippen LogP contribution in [0.5, 0.6) is 0 Å². The number of carbonyl (C=O) groups is 1. The molecule has 0 amide bonds. The summed E-state index contributed by atoms with van der Waals surface area (Å²) in [7, 11) is 0. The van der Waals surface area contributed by atoms with Gasteiger partial charge in [0.1, 0.15) is 17.2 Å². The van der Waals surface area contributed by atoms with Crippen LogP contribution < -0.4 is 0 Å². The van der Waals surface area contributed by atoms with E-state index in [-0.39, 0.29) is 17.3 Å². The fourth-order valence-corrected chi connectivity index (χ4v) is 3.43. The molecule has 3 rings (SSSR count). The first-order valence-electron chi connectivity index (χ1n) is 6.60. The lowest BCUT2D eigenvalue weighted by molar-refractivity contribution is -0.140. The number of cyclic esters (lactones) is 1. The van der Waals surface area contributed by atoms with Crippen LogP contribution in [-0.2, 0) is 16.1 Å². The molecule has 0 bridgehead atoms. The molecule has 5 nitrogen and oxygen atoms in total. The van der Waals surface area contributed by atoms with Gasteiger partial charge in [-0.25, -0.2) is 0 Å². The average Bonchev–Trinajstić information content (AvgIpc) is 3.06. The molecule has 2 heterocycles. The number of esters is 1. The Kier molecular flexibility index (Phi) is 3.35. The molecule has 0 unspecified atom stereocenters. The van der Waals surface area contributed by atoms with Crippen LogP contribution in [0.15, 0.2) is 17.8 Å². The van der Waals surface area contributed by atoms with Gasteiger partial charge in [-0.1, -0.05) is 17.8 Å². The Morgan fingerprint density at radius 3 is 2.89 bits per heavy atom. The van der Waals surface area contributed by atoms with E-state index in [2.05, 4.69) is 21.3 Å². The Morgan fingerprint density at radius 2 is 2.32 bits per heavy atom. The van der Waals surface area contributed by atoms with Gasteiger partial charge in [0.25, 0.3) is 0 Å². The smallest absolute Gasteiger partial charge is 0.319 e. The summed E-state index contributed by atoms with van der Waals surface area (Å²) >= 11 is 1.46. The minimum Gasteiger partial charge on any atom is -0.462 e. The number of rotatable bonds is 5. The van der Waals surface area contributed by atoms with Crippen molar-refractivity contribution in [2.24, 2.45) is 0 Å². The number of aromatic nitrogens is 3. The Balaban J connectivity index is 1.80. The van der Waals surface area contributed by atoms with Gasteiger partial charge in [0.05, 0.1) is 0 Å². The van der Waals surface area contributed by atoms with Gasteiger partial charge in [-0.15, -0.1) is 16.8 Å². The van der Waals surface area contributed by atoms with Gasteiger partial charge >= 0.3 is 5.97 Å². The van der Waals surface area contributed by atoms with Crippen molar-refractivity contribution in [2.45, 2.75) is 55.2 Å². The third-order valence-electron chi connectivity index (χ3n) is 3.37. The molecule has 1 saturated carbocycles. The summed E-state index contributed by atoms with van der Waals surface area (Å²) in [4.78, 5) is 11.7. The molecule has 2 atom stereocenters. The van der Waals surface area contributed by atoms with E-state index < -0.39 is 0 Å². The summed E-state index contributed by atoms with van der Waals surface area (Å²) in [5.41, 5.74) is 0. The van der Waals surface area contributed by atoms with Crippen molar-refractivity contribution < 1.29 is 9.53 Å². The lowest BCUT2D eigenvalue weighted by Crippen LogP contribution is -2.11. The van der Waals surface area contributed by atoms with Crippen LogP contribution in [-0.4, -0.2) is 32.1 Å². The summed E-state index contributed by atoms with van der Waals surface area (Å²) in [5.74, 6) is 1.43. The van der Waals surface area contributed by atoms with Gasteiger partial charge in [-0.2, -0.15) is 0 Å². The van der Waals surface area contributed by atoms with Crippen molar-refractivity contribution in [1.29, 1.82) is 0 Å². The zero-order valence-electron chi connectivity index (χ0n) is 10.9. The zero-order valence-corrected chi connectivity index (χ0v) is 11.7. The lowest BCUT2D eigenvalue weighted by Gasteiger charge is -2.08. The molecule has 0 aromatic carbocycles. The monoisotopic (exact) mass is 279 g/mol. The van der Waals surface area contributed by atoms with Crippen LogP contribution in [0.3, 0.4) is 0 Å². The van der Waals surface area contributed by atoms with E-state index in [9.17, 15) is 4.79 Å². The number of thioether (sulfide) groups is 1. The Hall–Kier alpha value is -1.30. The summed E-state index contributed by atoms with van der Waals surface area (Å²) in [6, 6.07) is 0. The third kappa shape index (κ3) is 2.54. The number of hydrogen-bond donors (Lipinski definition) is 0. The van der Waals surface area contributed by atoms with Crippen molar-refractivity contribution in [2.75, 3.05) is 0 Å². The normalized spacial score (nSPS) is 26.5. The summed E-state index contributed by atoms with van der Waals surface area (Å²) < 4.78 is 7.25. The molecule has 0 spiro atoms. The van der Waals surface area contributed by atoms with Gasteiger partial charge in [0, 0.05) is 18.9 Å². The maximum Gasteiger partial charge on any atom is 0.319 e. The van der Waals surface area contributed by atoms with Gasteiger partial charge in [0.15, 0.2) is 5.16 Å². The molecule has 1 aromatic rings. The highest BCUT2D eigenvalue weighted by atomic mass is 32.2. The second-order valence-corrected chi connectivity index (χ2v) is 6.27. The minimum absolute atomic E-state index is 0.00341. The molecule has 1 aliphatic heterocycles. The molecule has 1 saturated heterocycles. The van der Waals surface area contributed by atoms with Crippen LogP contribution >= 0.6 is 11.8 Å². The second-order valence-electron chi connectivity index (χ2n) is 5.10. The average molecular weight is 279 g/mol. The predicted octanol–water partition coefficient (Wildman–Crippen LogP) is 2.14. The van der Waals surface area contributed by atoms with E-state index in [1.54, 1.807) is 0 Å². The van der Waals surface area contributed by atoms with Gasteiger partial charge in [0.2, 0.25) is 0 Å². The van der Waals surface area contributed by atoms with Crippen molar-refractivity contribution in [3.8, 4) is 0 Å². The number of ether oxygens (including phenoxy) is 1. The number of allylic oxidation sites excluding steroid dienone is 1. The predicted molar refractivity (Wildman–Crippen MR) is 72.0 cm³/mol. The molecule has 1 aromatic heterocycles. The molecule has 6 heteroatoms. The molecule has 19 heavy (non-hydrogen) atoms. The third-order valence-corrected chi connectivity index (χ3v) is 4.56. The molecule has 0 N–H and O–H groups in total. The van der Waals surface area contributed by atoms with Crippen LogP contribution in [0.1, 0.15) is 37.9 Å². The Morgan fingerprint density at radius 1 is 1.53 bits per heavy atom. The maximum absolute atomic E-state index is 11.7. The van der Waals surface area contributed by atoms with Crippen molar-refractivity contribution in [3.63, 3.8) is 0 Å². The van der Waals surface area contributed by atoms with Crippen LogP contribution in [0, 0.1) is 0 Å². The fraction of sp³-hybridized carbons (Fsp3) is 0.615. The molecule has 2 aliphatic rings. The van der Waals surface area contributed by atoms with Crippen molar-refractivity contribution >= 4 is 17.7 Å². The van der Waals surface area contributed by atoms with Crippen molar-refractivity contribution in [1.82, 2.24) is 14.8 Å². The van der Waals surface area contributed by atoms with E-state index in [0.717, 1.165) is 17.4 Å². The molecule has 1 aliphatic carbocycles. The van der Waals surface area contributed by atoms with E-state index in [0.29, 0.717) is 12.5 Å². The first-order valence-corrected chi connectivity index (χ1v) is 7.48. The number of carbonyl (C=O) groups excluding carboxylic acids is 1. The largest absolute Gasteiger partial charge is 0.462 e. The first kappa shape index (κ1) is 12.7. The van der Waals surface area contributed by atoms with E-state index >= 15 is 0 Å². The summed E-state index contributed by atoms with van der Waals surface area (Å²) in [6.07, 6.45) is 4.95. The second kappa shape index (κ2) is 5.00. The van der Waals surface area contributed by atoms with E-state index in [1.807, 2.05) is 13.0 Å². The first-order chi connectivity index (χ1) is 9.19. The van der Waals surface area contributed by atoms with Crippen LogP contribution in [0.4, 0.5) is 0 Å². The van der Waals surface area contributed by atoms with Crippen LogP contribution in [0.25, 0.3) is 0 Å². The van der Waals surface area contributed by atoms with Crippen molar-refractivity contribution in [3.05, 3.63) is 18.5 Å². The van der Waals surface area contributed by atoms with Gasteiger partial charge in [-0.05, 0) is 19.8 Å². The highest BCUT2D eigenvalue weighted by molar-refractivity contribution is 8.00. The highest BCUT2D eigenvalue weighted by Gasteiger charge is 2.35. The zero-order chi connectivity index (χ0) is 13.4. The van der Waals surface area contributed by atoms with E-state index in [1.165, 1.54) is 24.6 Å². The quantitative estimate of drug-likeness (QED) is 0.610. The highest BCUT2D eigenvalue weighted by Crippen LogP contribution is 2.41. The summed E-state index contributed by atoms with van der Waals surface area (Å²) in [5, 5.41) is 9.16. The SMILES string of the molecule is C=CCn1c(S[C@@H]2C[C@H](C)OC2=O)nnc1C1CC1. The molecule has 102 valence electrons. The fourth-order valence-electron chi connectivity index (χ4n) is 2.27.